The van der Waals surface area contributed by atoms with E-state index in [-0.39, 0.29) is 29.6 Å². The summed E-state index contributed by atoms with van der Waals surface area (Å²) in [7, 11) is -3.61. The maximum atomic E-state index is 12.3. The lowest BCUT2D eigenvalue weighted by Gasteiger charge is -2.20. The van der Waals surface area contributed by atoms with Crippen LogP contribution in [0.15, 0.2) is 41.8 Å². The minimum absolute atomic E-state index is 0.0944. The van der Waals surface area contributed by atoms with Crippen molar-refractivity contribution in [1.29, 1.82) is 0 Å². The molecule has 17 heavy (non-hydrogen) atoms. The molecule has 0 aliphatic heterocycles. The van der Waals surface area contributed by atoms with Crippen molar-refractivity contribution in [2.75, 3.05) is 19.6 Å². The second-order valence-electron chi connectivity index (χ2n) is 3.37. The van der Waals surface area contributed by atoms with Gasteiger partial charge >= 0.3 is 0 Å². The number of benzene rings is 1. The molecule has 0 amide bonds. The first kappa shape index (κ1) is 14.2. The fourth-order valence-electron chi connectivity index (χ4n) is 1.39. The number of sulfonamides is 1. The SMILES string of the molecule is C=CCN(CCN)S(=O)(=O)c1ccccc1Cl. The molecule has 0 spiro atoms. The highest BCUT2D eigenvalue weighted by molar-refractivity contribution is 7.89. The first-order valence-electron chi connectivity index (χ1n) is 5.09. The third kappa shape index (κ3) is 3.29. The monoisotopic (exact) mass is 274 g/mol. The van der Waals surface area contributed by atoms with Crippen molar-refractivity contribution in [3.05, 3.63) is 41.9 Å². The first-order valence-corrected chi connectivity index (χ1v) is 6.91. The molecule has 1 aromatic carbocycles. The van der Waals surface area contributed by atoms with Gasteiger partial charge in [-0.15, -0.1) is 6.58 Å². The average molecular weight is 275 g/mol. The van der Waals surface area contributed by atoms with Crippen LogP contribution in [-0.2, 0) is 10.0 Å². The van der Waals surface area contributed by atoms with Crippen molar-refractivity contribution in [2.24, 2.45) is 5.73 Å². The van der Waals surface area contributed by atoms with Gasteiger partial charge in [0.2, 0.25) is 10.0 Å². The number of hydrogen-bond acceptors (Lipinski definition) is 3. The van der Waals surface area contributed by atoms with E-state index in [4.69, 9.17) is 17.3 Å². The Morgan fingerprint density at radius 3 is 2.59 bits per heavy atom. The summed E-state index contributed by atoms with van der Waals surface area (Å²) in [6.45, 7) is 4.23. The first-order chi connectivity index (χ1) is 8.04. The smallest absolute Gasteiger partial charge is 0.244 e. The van der Waals surface area contributed by atoms with E-state index in [1.807, 2.05) is 0 Å². The molecule has 0 heterocycles. The summed E-state index contributed by atoms with van der Waals surface area (Å²) in [5, 5.41) is 0.207. The molecule has 0 aliphatic rings. The second kappa shape index (κ2) is 6.16. The predicted molar refractivity (Wildman–Crippen MR) is 69.5 cm³/mol. The van der Waals surface area contributed by atoms with Gasteiger partial charge in [0.1, 0.15) is 4.90 Å². The molecular formula is C11H15ClN2O2S. The number of nitrogens with zero attached hydrogens (tertiary/aromatic N) is 1. The van der Waals surface area contributed by atoms with Crippen molar-refractivity contribution in [2.45, 2.75) is 4.90 Å². The van der Waals surface area contributed by atoms with E-state index in [0.717, 1.165) is 0 Å². The van der Waals surface area contributed by atoms with Crippen LogP contribution in [-0.4, -0.2) is 32.4 Å². The van der Waals surface area contributed by atoms with Crippen LogP contribution in [0.25, 0.3) is 0 Å². The van der Waals surface area contributed by atoms with Crippen LogP contribution in [0.5, 0.6) is 0 Å². The van der Waals surface area contributed by atoms with E-state index >= 15 is 0 Å². The molecule has 0 bridgehead atoms. The number of rotatable bonds is 6. The van der Waals surface area contributed by atoms with Gasteiger partial charge in [-0.3, -0.25) is 0 Å². The lowest BCUT2D eigenvalue weighted by molar-refractivity contribution is 0.450. The fourth-order valence-corrected chi connectivity index (χ4v) is 3.31. The molecule has 2 N–H and O–H groups in total. The minimum Gasteiger partial charge on any atom is -0.329 e. The van der Waals surface area contributed by atoms with E-state index in [1.165, 1.54) is 16.4 Å². The standard InChI is InChI=1S/C11H15ClN2O2S/c1-2-8-14(9-7-13)17(15,16)11-6-4-3-5-10(11)12/h2-6H,1,7-9,13H2. The topological polar surface area (TPSA) is 63.4 Å². The van der Waals surface area contributed by atoms with Gasteiger partial charge in [-0.05, 0) is 12.1 Å². The Hall–Kier alpha value is -0.880. The summed E-state index contributed by atoms with van der Waals surface area (Å²) < 4.78 is 25.8. The Bertz CT molecular complexity index is 488. The molecule has 0 unspecified atom stereocenters. The van der Waals surface area contributed by atoms with E-state index < -0.39 is 10.0 Å². The Kier molecular flexibility index (Phi) is 5.14. The zero-order valence-corrected chi connectivity index (χ0v) is 10.9. The van der Waals surface area contributed by atoms with Crippen LogP contribution in [0.2, 0.25) is 5.02 Å². The van der Waals surface area contributed by atoms with Crippen molar-refractivity contribution in [3.8, 4) is 0 Å². The summed E-state index contributed by atoms with van der Waals surface area (Å²) in [4.78, 5) is 0.0944. The van der Waals surface area contributed by atoms with Crippen LogP contribution in [0, 0.1) is 0 Å². The van der Waals surface area contributed by atoms with Gasteiger partial charge in [0.05, 0.1) is 5.02 Å². The van der Waals surface area contributed by atoms with Crippen LogP contribution < -0.4 is 5.73 Å². The third-order valence-corrected chi connectivity index (χ3v) is 4.53. The fraction of sp³-hybridized carbons (Fsp3) is 0.273. The number of nitrogens with two attached hydrogens (primary N) is 1. The quantitative estimate of drug-likeness (QED) is 0.799. The summed E-state index contributed by atoms with van der Waals surface area (Å²) in [6, 6.07) is 6.34. The van der Waals surface area contributed by atoms with Crippen LogP contribution in [0.4, 0.5) is 0 Å². The van der Waals surface area contributed by atoms with Gasteiger partial charge < -0.3 is 5.73 Å². The molecule has 1 rings (SSSR count). The zero-order chi connectivity index (χ0) is 12.9. The zero-order valence-electron chi connectivity index (χ0n) is 9.34. The Morgan fingerprint density at radius 1 is 1.41 bits per heavy atom. The number of hydrogen-bond donors (Lipinski definition) is 1. The van der Waals surface area contributed by atoms with Gasteiger partial charge in [-0.25, -0.2) is 8.42 Å². The number of halogens is 1. The summed E-state index contributed by atoms with van der Waals surface area (Å²) in [5.41, 5.74) is 5.40. The van der Waals surface area contributed by atoms with Gasteiger partial charge in [0, 0.05) is 19.6 Å². The van der Waals surface area contributed by atoms with Crippen LogP contribution in [0.1, 0.15) is 0 Å². The molecule has 1 aromatic rings. The minimum atomic E-state index is -3.61. The van der Waals surface area contributed by atoms with Gasteiger partial charge in [-0.1, -0.05) is 29.8 Å². The second-order valence-corrected chi connectivity index (χ2v) is 5.68. The molecule has 0 radical (unpaired) electrons. The highest BCUT2D eigenvalue weighted by Gasteiger charge is 2.24. The van der Waals surface area contributed by atoms with Gasteiger partial charge in [-0.2, -0.15) is 4.31 Å². The molecule has 0 aromatic heterocycles. The molecule has 6 heteroatoms. The van der Waals surface area contributed by atoms with Crippen molar-refractivity contribution < 1.29 is 8.42 Å². The molecular weight excluding hydrogens is 260 g/mol. The Labute approximate surface area is 107 Å². The normalized spacial score (nSPS) is 11.7. The summed E-state index contributed by atoms with van der Waals surface area (Å²) in [5.74, 6) is 0. The lowest BCUT2D eigenvalue weighted by atomic mass is 10.4. The Morgan fingerprint density at radius 2 is 2.06 bits per heavy atom. The molecule has 0 aliphatic carbocycles. The predicted octanol–water partition coefficient (Wildman–Crippen LogP) is 1.48. The average Bonchev–Trinajstić information content (AvgIpc) is 2.29. The largest absolute Gasteiger partial charge is 0.329 e. The van der Waals surface area contributed by atoms with E-state index in [2.05, 4.69) is 6.58 Å². The van der Waals surface area contributed by atoms with Crippen molar-refractivity contribution in [1.82, 2.24) is 4.31 Å². The summed E-state index contributed by atoms with van der Waals surface area (Å²) in [6.07, 6.45) is 1.52. The maximum absolute atomic E-state index is 12.3. The van der Waals surface area contributed by atoms with Gasteiger partial charge in [0.25, 0.3) is 0 Å². The molecule has 4 nitrogen and oxygen atoms in total. The molecule has 0 fully saturated rings. The van der Waals surface area contributed by atoms with Crippen LogP contribution >= 0.6 is 11.6 Å². The lowest BCUT2D eigenvalue weighted by Crippen LogP contribution is -2.35. The van der Waals surface area contributed by atoms with Crippen LogP contribution in [0.3, 0.4) is 0 Å². The van der Waals surface area contributed by atoms with Crippen molar-refractivity contribution >= 4 is 21.6 Å². The van der Waals surface area contributed by atoms with E-state index in [0.29, 0.717) is 0 Å². The van der Waals surface area contributed by atoms with E-state index in [1.54, 1.807) is 18.2 Å². The summed E-state index contributed by atoms with van der Waals surface area (Å²) >= 11 is 5.89. The highest BCUT2D eigenvalue weighted by atomic mass is 35.5. The Balaban J connectivity index is 3.16. The molecule has 0 saturated heterocycles. The third-order valence-electron chi connectivity index (χ3n) is 2.17. The van der Waals surface area contributed by atoms with E-state index in [9.17, 15) is 8.42 Å². The molecule has 0 atom stereocenters. The van der Waals surface area contributed by atoms with Gasteiger partial charge in [0.15, 0.2) is 0 Å². The molecule has 0 saturated carbocycles. The maximum Gasteiger partial charge on any atom is 0.244 e. The highest BCUT2D eigenvalue weighted by Crippen LogP contribution is 2.23. The van der Waals surface area contributed by atoms with Crippen molar-refractivity contribution in [3.63, 3.8) is 0 Å². The molecule has 94 valence electrons.